The minimum atomic E-state index is -3.72. The van der Waals surface area contributed by atoms with Gasteiger partial charge < -0.3 is 9.64 Å². The molecule has 29 heavy (non-hydrogen) atoms. The molecule has 0 spiro atoms. The third kappa shape index (κ3) is 5.97. The summed E-state index contributed by atoms with van der Waals surface area (Å²) in [5.41, 5.74) is 0. The predicted molar refractivity (Wildman–Crippen MR) is 105 cm³/mol. The highest BCUT2D eigenvalue weighted by Gasteiger charge is 2.30. The van der Waals surface area contributed by atoms with E-state index in [0.29, 0.717) is 13.1 Å². The number of piperazine rings is 1. The van der Waals surface area contributed by atoms with Crippen molar-refractivity contribution < 1.29 is 27.1 Å². The van der Waals surface area contributed by atoms with Crippen LogP contribution >= 0.6 is 0 Å². The molecule has 1 saturated heterocycles. The highest BCUT2D eigenvalue weighted by molar-refractivity contribution is 7.89. The minimum Gasteiger partial charge on any atom is -0.469 e. The van der Waals surface area contributed by atoms with Crippen molar-refractivity contribution in [1.82, 2.24) is 14.1 Å². The first-order chi connectivity index (χ1) is 13.7. The third-order valence-electron chi connectivity index (χ3n) is 4.98. The van der Waals surface area contributed by atoms with Crippen molar-refractivity contribution in [3.63, 3.8) is 0 Å². The fourth-order valence-corrected chi connectivity index (χ4v) is 4.62. The van der Waals surface area contributed by atoms with E-state index < -0.39 is 15.8 Å². The van der Waals surface area contributed by atoms with E-state index in [1.54, 1.807) is 11.8 Å². The van der Waals surface area contributed by atoms with Crippen LogP contribution in [0.2, 0.25) is 0 Å². The highest BCUT2D eigenvalue weighted by Crippen LogP contribution is 2.18. The molecule has 1 fully saturated rings. The lowest BCUT2D eigenvalue weighted by molar-refractivity contribution is -0.146. The van der Waals surface area contributed by atoms with Crippen molar-refractivity contribution in [2.75, 3.05) is 52.9 Å². The van der Waals surface area contributed by atoms with E-state index in [1.807, 2.05) is 11.8 Å². The van der Waals surface area contributed by atoms with Gasteiger partial charge in [0.1, 0.15) is 5.82 Å². The van der Waals surface area contributed by atoms with E-state index >= 15 is 0 Å². The fourth-order valence-electron chi connectivity index (χ4n) is 3.19. The van der Waals surface area contributed by atoms with Crippen LogP contribution in [0, 0.1) is 11.7 Å². The molecule has 1 heterocycles. The number of hydrogen-bond acceptors (Lipinski definition) is 6. The molecule has 0 bridgehead atoms. The Bertz CT molecular complexity index is 808. The molecule has 0 aromatic heterocycles. The van der Waals surface area contributed by atoms with Crippen LogP contribution in [0.15, 0.2) is 29.2 Å². The van der Waals surface area contributed by atoms with Crippen molar-refractivity contribution in [2.24, 2.45) is 5.92 Å². The lowest BCUT2D eigenvalue weighted by Crippen LogP contribution is -2.52. The van der Waals surface area contributed by atoms with Gasteiger partial charge in [0.15, 0.2) is 0 Å². The molecule has 1 amide bonds. The van der Waals surface area contributed by atoms with Gasteiger partial charge in [0.25, 0.3) is 0 Å². The number of amides is 1. The molecule has 1 aliphatic heterocycles. The zero-order chi connectivity index (χ0) is 21.6. The molecular formula is C19H28FN3O5S. The number of likely N-dealkylation sites (N-methyl/N-ethyl adjacent to an activating group) is 1. The van der Waals surface area contributed by atoms with Crippen LogP contribution in [0.4, 0.5) is 4.39 Å². The topological polar surface area (TPSA) is 87.2 Å². The average molecular weight is 430 g/mol. The zero-order valence-electron chi connectivity index (χ0n) is 17.0. The number of rotatable bonds is 8. The molecule has 1 aliphatic rings. The number of sulfonamides is 1. The summed E-state index contributed by atoms with van der Waals surface area (Å²) in [5.74, 6) is -1.27. The molecule has 1 unspecified atom stereocenters. The SMILES string of the molecule is CCN(CC(=O)N1CCN(S(=O)(=O)c2ccc(F)cc2)CC1)CC(C)C(=O)OC. The van der Waals surface area contributed by atoms with Crippen molar-refractivity contribution >= 4 is 21.9 Å². The Balaban J connectivity index is 1.91. The molecule has 0 N–H and O–H groups in total. The molecule has 1 aromatic carbocycles. The Hall–Kier alpha value is -2.04. The van der Waals surface area contributed by atoms with E-state index in [0.717, 1.165) is 12.1 Å². The van der Waals surface area contributed by atoms with Gasteiger partial charge in [-0.3, -0.25) is 14.5 Å². The average Bonchev–Trinajstić information content (AvgIpc) is 2.72. The number of benzene rings is 1. The normalized spacial score (nSPS) is 16.7. The van der Waals surface area contributed by atoms with Gasteiger partial charge in [0, 0.05) is 32.7 Å². The summed E-state index contributed by atoms with van der Waals surface area (Å²) in [7, 11) is -2.38. The molecule has 162 valence electrons. The van der Waals surface area contributed by atoms with Crippen LogP contribution in [0.3, 0.4) is 0 Å². The molecule has 10 heteroatoms. The summed E-state index contributed by atoms with van der Waals surface area (Å²) < 4.78 is 44.4. The maximum Gasteiger partial charge on any atom is 0.309 e. The Morgan fingerprint density at radius 1 is 1.17 bits per heavy atom. The van der Waals surface area contributed by atoms with Crippen LogP contribution in [-0.2, 0) is 24.3 Å². The lowest BCUT2D eigenvalue weighted by atomic mass is 10.1. The number of methoxy groups -OCH3 is 1. The summed E-state index contributed by atoms with van der Waals surface area (Å²) in [4.78, 5) is 27.7. The van der Waals surface area contributed by atoms with Gasteiger partial charge in [-0.05, 0) is 30.8 Å². The molecule has 0 saturated carbocycles. The number of hydrogen-bond donors (Lipinski definition) is 0. The Labute approximate surface area is 171 Å². The maximum absolute atomic E-state index is 13.1. The van der Waals surface area contributed by atoms with Gasteiger partial charge in [-0.15, -0.1) is 0 Å². The van der Waals surface area contributed by atoms with Crippen molar-refractivity contribution in [2.45, 2.75) is 18.7 Å². The standard InChI is InChI=1S/C19H28FN3O5S/c1-4-21(13-15(2)19(25)28-3)14-18(24)22-9-11-23(12-10-22)29(26,27)17-7-5-16(20)6-8-17/h5-8,15H,4,9-14H2,1-3H3. The lowest BCUT2D eigenvalue weighted by Gasteiger charge is -2.35. The molecule has 0 aliphatic carbocycles. The van der Waals surface area contributed by atoms with Crippen molar-refractivity contribution in [3.8, 4) is 0 Å². The van der Waals surface area contributed by atoms with Gasteiger partial charge in [-0.2, -0.15) is 4.31 Å². The van der Waals surface area contributed by atoms with Gasteiger partial charge >= 0.3 is 5.97 Å². The summed E-state index contributed by atoms with van der Waals surface area (Å²) in [5, 5.41) is 0. The Morgan fingerprint density at radius 2 is 1.76 bits per heavy atom. The molecule has 2 rings (SSSR count). The molecule has 0 radical (unpaired) electrons. The quantitative estimate of drug-likeness (QED) is 0.568. The van der Waals surface area contributed by atoms with Gasteiger partial charge in [-0.25, -0.2) is 12.8 Å². The van der Waals surface area contributed by atoms with Crippen LogP contribution in [-0.4, -0.2) is 87.3 Å². The van der Waals surface area contributed by atoms with Crippen molar-refractivity contribution in [3.05, 3.63) is 30.1 Å². The van der Waals surface area contributed by atoms with Crippen LogP contribution in [0.1, 0.15) is 13.8 Å². The molecule has 1 atom stereocenters. The van der Waals surface area contributed by atoms with Gasteiger partial charge in [-0.1, -0.05) is 13.8 Å². The first kappa shape index (κ1) is 23.2. The smallest absolute Gasteiger partial charge is 0.309 e. The molecule has 8 nitrogen and oxygen atoms in total. The van der Waals surface area contributed by atoms with Crippen molar-refractivity contribution in [1.29, 1.82) is 0 Å². The second-order valence-electron chi connectivity index (χ2n) is 6.99. The van der Waals surface area contributed by atoms with Gasteiger partial charge in [0.05, 0.1) is 24.5 Å². The first-order valence-corrected chi connectivity index (χ1v) is 11.0. The summed E-state index contributed by atoms with van der Waals surface area (Å²) >= 11 is 0. The predicted octanol–water partition coefficient (Wildman–Crippen LogP) is 0.790. The number of carbonyl (C=O) groups excluding carboxylic acids is 2. The number of halogens is 1. The van der Waals surface area contributed by atoms with E-state index in [-0.39, 0.29) is 55.4 Å². The summed E-state index contributed by atoms with van der Waals surface area (Å²) in [6.45, 7) is 5.74. The van der Waals surface area contributed by atoms with Crippen LogP contribution in [0.5, 0.6) is 0 Å². The molecule has 1 aromatic rings. The highest BCUT2D eigenvalue weighted by atomic mass is 32.2. The third-order valence-corrected chi connectivity index (χ3v) is 6.90. The zero-order valence-corrected chi connectivity index (χ0v) is 17.8. The van der Waals surface area contributed by atoms with E-state index in [1.165, 1.54) is 23.5 Å². The number of nitrogens with zero attached hydrogens (tertiary/aromatic N) is 3. The fraction of sp³-hybridized carbons (Fsp3) is 0.579. The summed E-state index contributed by atoms with van der Waals surface area (Å²) in [6, 6.07) is 4.70. The number of esters is 1. The second kappa shape index (κ2) is 10.1. The van der Waals surface area contributed by atoms with Gasteiger partial charge in [0.2, 0.25) is 15.9 Å². The van der Waals surface area contributed by atoms with E-state index in [9.17, 15) is 22.4 Å². The number of carbonyl (C=O) groups is 2. The first-order valence-electron chi connectivity index (χ1n) is 9.52. The summed E-state index contributed by atoms with van der Waals surface area (Å²) in [6.07, 6.45) is 0. The largest absolute Gasteiger partial charge is 0.469 e. The van der Waals surface area contributed by atoms with Crippen LogP contribution < -0.4 is 0 Å². The minimum absolute atomic E-state index is 0.0348. The number of ether oxygens (including phenoxy) is 1. The Kier molecular flexibility index (Phi) is 8.12. The van der Waals surface area contributed by atoms with E-state index in [4.69, 9.17) is 4.74 Å². The molecular weight excluding hydrogens is 401 g/mol. The van der Waals surface area contributed by atoms with Crippen LogP contribution in [0.25, 0.3) is 0 Å². The monoisotopic (exact) mass is 429 g/mol. The Morgan fingerprint density at radius 3 is 2.28 bits per heavy atom. The second-order valence-corrected chi connectivity index (χ2v) is 8.93. The van der Waals surface area contributed by atoms with E-state index in [2.05, 4.69) is 0 Å². The maximum atomic E-state index is 13.1.